The van der Waals surface area contributed by atoms with Gasteiger partial charge in [0.15, 0.2) is 0 Å². The third-order valence-electron chi connectivity index (χ3n) is 2.65. The first-order chi connectivity index (χ1) is 7.49. The number of aliphatic hydroxyl groups is 1. The van der Waals surface area contributed by atoms with Gasteiger partial charge < -0.3 is 10.8 Å². The molecule has 2 atom stereocenters. The maximum absolute atomic E-state index is 13.6. The van der Waals surface area contributed by atoms with Gasteiger partial charge in [-0.3, -0.25) is 0 Å². The normalized spacial score (nSPS) is 14.9. The van der Waals surface area contributed by atoms with Crippen LogP contribution < -0.4 is 5.73 Å². The van der Waals surface area contributed by atoms with E-state index < -0.39 is 18.0 Å². The van der Waals surface area contributed by atoms with Crippen molar-refractivity contribution in [3.63, 3.8) is 0 Å². The van der Waals surface area contributed by atoms with Gasteiger partial charge in [0.05, 0.1) is 17.2 Å². The summed E-state index contributed by atoms with van der Waals surface area (Å²) in [5.41, 5.74) is 6.79. The zero-order valence-corrected chi connectivity index (χ0v) is 10.3. The molecule has 1 aromatic carbocycles. The van der Waals surface area contributed by atoms with Gasteiger partial charge in [0, 0.05) is 5.56 Å². The van der Waals surface area contributed by atoms with Gasteiger partial charge in [0.25, 0.3) is 0 Å². The van der Waals surface area contributed by atoms with E-state index in [4.69, 9.17) is 17.3 Å². The lowest BCUT2D eigenvalue weighted by Gasteiger charge is -2.21. The monoisotopic (exact) mass is 245 g/mol. The molecule has 3 N–H and O–H groups in total. The van der Waals surface area contributed by atoms with E-state index in [9.17, 15) is 9.50 Å². The summed E-state index contributed by atoms with van der Waals surface area (Å²) in [4.78, 5) is 0. The van der Waals surface area contributed by atoms with Crippen LogP contribution in [0.5, 0.6) is 0 Å². The molecule has 0 bridgehead atoms. The molecule has 0 fully saturated rings. The number of hydrogen-bond acceptors (Lipinski definition) is 2. The fourth-order valence-corrected chi connectivity index (χ4v) is 1.93. The van der Waals surface area contributed by atoms with E-state index in [2.05, 4.69) is 0 Å². The number of halogens is 2. The fraction of sp³-hybridized carbons (Fsp3) is 0.500. The summed E-state index contributed by atoms with van der Waals surface area (Å²) >= 11 is 6.01. The average Bonchev–Trinajstić information content (AvgIpc) is 2.24. The van der Waals surface area contributed by atoms with E-state index in [1.807, 2.05) is 6.92 Å². The van der Waals surface area contributed by atoms with Crippen LogP contribution in [0.15, 0.2) is 12.1 Å². The highest BCUT2D eigenvalue weighted by atomic mass is 35.5. The highest BCUT2D eigenvalue weighted by Gasteiger charge is 2.22. The van der Waals surface area contributed by atoms with Gasteiger partial charge in [0.1, 0.15) is 5.82 Å². The van der Waals surface area contributed by atoms with Crippen LogP contribution in [0.25, 0.3) is 0 Å². The van der Waals surface area contributed by atoms with Crippen molar-refractivity contribution in [1.82, 2.24) is 0 Å². The Hall–Kier alpha value is -0.640. The standard InChI is InChI=1S/C12H17ClFNO/c1-3-4-9(16)12(15)10-8(14)6-5-7(2)11(10)13/h5-6,9,12,16H,3-4,15H2,1-2H3/t9-,12-/m0/s1. The minimum absolute atomic E-state index is 0.211. The van der Waals surface area contributed by atoms with Crippen LogP contribution in [0.4, 0.5) is 4.39 Å². The van der Waals surface area contributed by atoms with Gasteiger partial charge in [-0.2, -0.15) is 0 Å². The molecule has 1 rings (SSSR count). The number of rotatable bonds is 4. The van der Waals surface area contributed by atoms with Gasteiger partial charge in [-0.1, -0.05) is 31.0 Å². The molecule has 1 aromatic rings. The molecule has 2 nitrogen and oxygen atoms in total. The second-order valence-electron chi connectivity index (χ2n) is 3.97. The van der Waals surface area contributed by atoms with Crippen LogP contribution in [-0.2, 0) is 0 Å². The third kappa shape index (κ3) is 2.73. The topological polar surface area (TPSA) is 46.2 Å². The van der Waals surface area contributed by atoms with Gasteiger partial charge in [-0.05, 0) is 25.0 Å². The van der Waals surface area contributed by atoms with Crippen molar-refractivity contribution >= 4 is 11.6 Å². The fourth-order valence-electron chi connectivity index (χ4n) is 1.65. The number of hydrogen-bond donors (Lipinski definition) is 2. The molecular formula is C12H17ClFNO. The number of aliphatic hydroxyl groups excluding tert-OH is 1. The summed E-state index contributed by atoms with van der Waals surface area (Å²) in [7, 11) is 0. The quantitative estimate of drug-likeness (QED) is 0.857. The summed E-state index contributed by atoms with van der Waals surface area (Å²) in [6.45, 7) is 3.72. The predicted octanol–water partition coefficient (Wildman–Crippen LogP) is 2.95. The molecule has 0 aliphatic carbocycles. The van der Waals surface area contributed by atoms with E-state index in [1.165, 1.54) is 6.07 Å². The largest absolute Gasteiger partial charge is 0.391 e. The second kappa shape index (κ2) is 5.62. The van der Waals surface area contributed by atoms with Crippen molar-refractivity contribution < 1.29 is 9.50 Å². The van der Waals surface area contributed by atoms with Crippen molar-refractivity contribution in [2.75, 3.05) is 0 Å². The van der Waals surface area contributed by atoms with Gasteiger partial charge in [-0.25, -0.2) is 4.39 Å². The molecule has 0 heterocycles. The van der Waals surface area contributed by atoms with Crippen molar-refractivity contribution in [3.05, 3.63) is 34.1 Å². The third-order valence-corrected chi connectivity index (χ3v) is 3.15. The van der Waals surface area contributed by atoms with Crippen LogP contribution in [0, 0.1) is 12.7 Å². The number of aryl methyl sites for hydroxylation is 1. The summed E-state index contributed by atoms with van der Waals surface area (Å²) in [6, 6.07) is 2.15. The molecule has 0 unspecified atom stereocenters. The lowest BCUT2D eigenvalue weighted by molar-refractivity contribution is 0.133. The summed E-state index contributed by atoms with van der Waals surface area (Å²) in [6.07, 6.45) is 0.559. The maximum atomic E-state index is 13.6. The Kier molecular flexibility index (Phi) is 4.71. The van der Waals surface area contributed by atoms with Crippen LogP contribution in [0.1, 0.15) is 36.9 Å². The minimum Gasteiger partial charge on any atom is -0.391 e. The van der Waals surface area contributed by atoms with Crippen LogP contribution in [0.3, 0.4) is 0 Å². The predicted molar refractivity (Wildman–Crippen MR) is 64.0 cm³/mol. The van der Waals surface area contributed by atoms with Gasteiger partial charge in [-0.15, -0.1) is 0 Å². The molecule has 0 spiro atoms. The SMILES string of the molecule is CCC[C@H](O)[C@H](N)c1c(F)ccc(C)c1Cl. The zero-order valence-electron chi connectivity index (χ0n) is 9.50. The van der Waals surface area contributed by atoms with Crippen LogP contribution >= 0.6 is 11.6 Å². The van der Waals surface area contributed by atoms with Crippen LogP contribution in [-0.4, -0.2) is 11.2 Å². The molecule has 4 heteroatoms. The van der Waals surface area contributed by atoms with Gasteiger partial charge in [0.2, 0.25) is 0 Å². The maximum Gasteiger partial charge on any atom is 0.129 e. The Morgan fingerprint density at radius 2 is 2.12 bits per heavy atom. The van der Waals surface area contributed by atoms with Crippen molar-refractivity contribution in [1.29, 1.82) is 0 Å². The average molecular weight is 246 g/mol. The zero-order chi connectivity index (χ0) is 12.3. The molecule has 0 aliphatic rings. The molecule has 0 radical (unpaired) electrons. The Labute approximate surface area is 100 Å². The van der Waals surface area contributed by atoms with Crippen LogP contribution in [0.2, 0.25) is 5.02 Å². The lowest BCUT2D eigenvalue weighted by Crippen LogP contribution is -2.27. The first kappa shape index (κ1) is 13.4. The summed E-state index contributed by atoms with van der Waals surface area (Å²) < 4.78 is 13.6. The highest BCUT2D eigenvalue weighted by Crippen LogP contribution is 2.30. The van der Waals surface area contributed by atoms with Gasteiger partial charge >= 0.3 is 0 Å². The Morgan fingerprint density at radius 1 is 1.50 bits per heavy atom. The molecule has 0 aromatic heterocycles. The first-order valence-electron chi connectivity index (χ1n) is 5.37. The minimum atomic E-state index is -0.771. The second-order valence-corrected chi connectivity index (χ2v) is 4.35. The van der Waals surface area contributed by atoms with E-state index in [1.54, 1.807) is 13.0 Å². The Balaban J connectivity index is 3.07. The molecular weight excluding hydrogens is 229 g/mol. The van der Waals surface area contributed by atoms with E-state index in [0.29, 0.717) is 11.4 Å². The molecule has 0 saturated heterocycles. The summed E-state index contributed by atoms with van der Waals surface area (Å²) in [5, 5.41) is 10.1. The van der Waals surface area contributed by atoms with E-state index in [-0.39, 0.29) is 5.56 Å². The summed E-state index contributed by atoms with van der Waals surface area (Å²) in [5.74, 6) is -0.460. The number of benzene rings is 1. The Bertz CT molecular complexity index is 370. The van der Waals surface area contributed by atoms with Crippen molar-refractivity contribution in [2.24, 2.45) is 5.73 Å². The molecule has 0 aliphatic heterocycles. The first-order valence-corrected chi connectivity index (χ1v) is 5.75. The number of nitrogens with two attached hydrogens (primary N) is 1. The molecule has 90 valence electrons. The van der Waals surface area contributed by atoms with Crippen molar-refractivity contribution in [3.8, 4) is 0 Å². The van der Waals surface area contributed by atoms with E-state index in [0.717, 1.165) is 12.0 Å². The van der Waals surface area contributed by atoms with Crippen molar-refractivity contribution in [2.45, 2.75) is 38.8 Å². The lowest BCUT2D eigenvalue weighted by atomic mass is 9.97. The Morgan fingerprint density at radius 3 is 2.69 bits per heavy atom. The van der Waals surface area contributed by atoms with E-state index >= 15 is 0 Å². The smallest absolute Gasteiger partial charge is 0.129 e. The molecule has 0 saturated carbocycles. The molecule has 0 amide bonds. The highest BCUT2D eigenvalue weighted by molar-refractivity contribution is 6.32. The molecule has 16 heavy (non-hydrogen) atoms.